The van der Waals surface area contributed by atoms with Crippen LogP contribution in [0.3, 0.4) is 0 Å². The van der Waals surface area contributed by atoms with E-state index in [9.17, 15) is 0 Å². The quantitative estimate of drug-likeness (QED) is 0.919. The van der Waals surface area contributed by atoms with Gasteiger partial charge in [0, 0.05) is 30.6 Å². The van der Waals surface area contributed by atoms with E-state index in [1.165, 1.54) is 38.9 Å². The average molecular weight is 292 g/mol. The first-order valence-electron chi connectivity index (χ1n) is 8.12. The molecule has 0 radical (unpaired) electrons. The van der Waals surface area contributed by atoms with Gasteiger partial charge in [0.25, 0.3) is 0 Å². The summed E-state index contributed by atoms with van der Waals surface area (Å²) in [6.07, 6.45) is 4.01. The molecule has 1 aliphatic carbocycles. The van der Waals surface area contributed by atoms with Gasteiger partial charge < -0.3 is 5.32 Å². The zero-order valence-electron chi connectivity index (χ0n) is 13.1. The van der Waals surface area contributed by atoms with Crippen LogP contribution in [0.25, 0.3) is 0 Å². The lowest BCUT2D eigenvalue weighted by Crippen LogP contribution is -2.48. The third-order valence-electron chi connectivity index (χ3n) is 5.40. The second-order valence-electron chi connectivity index (χ2n) is 6.97. The van der Waals surface area contributed by atoms with E-state index in [2.05, 4.69) is 42.6 Å². The van der Waals surface area contributed by atoms with Gasteiger partial charge in [-0.2, -0.15) is 0 Å². The summed E-state index contributed by atoms with van der Waals surface area (Å²) < 4.78 is 0. The minimum Gasteiger partial charge on any atom is -0.317 e. The van der Waals surface area contributed by atoms with Crippen molar-refractivity contribution in [1.29, 1.82) is 0 Å². The predicted octanol–water partition coefficient (Wildman–Crippen LogP) is 3.38. The van der Waals surface area contributed by atoms with Gasteiger partial charge in [0.15, 0.2) is 0 Å². The Bertz CT molecular complexity index is 442. The van der Waals surface area contributed by atoms with Crippen molar-refractivity contribution in [2.75, 3.05) is 20.1 Å². The molecule has 3 heteroatoms. The first-order valence-corrected chi connectivity index (χ1v) is 9.00. The number of nitrogens with zero attached hydrogens (tertiary/aromatic N) is 1. The number of thiophene rings is 1. The molecule has 1 saturated carbocycles. The molecule has 1 N–H and O–H groups in total. The molecule has 20 heavy (non-hydrogen) atoms. The van der Waals surface area contributed by atoms with E-state index in [0.29, 0.717) is 6.04 Å². The van der Waals surface area contributed by atoms with E-state index >= 15 is 0 Å². The smallest absolute Gasteiger partial charge is 0.0245 e. The summed E-state index contributed by atoms with van der Waals surface area (Å²) in [5.74, 6) is 2.54. The molecule has 0 amide bonds. The number of hydrogen-bond acceptors (Lipinski definition) is 3. The Morgan fingerprint density at radius 1 is 1.35 bits per heavy atom. The Balaban J connectivity index is 1.65. The zero-order chi connectivity index (χ0) is 14.1. The van der Waals surface area contributed by atoms with Crippen LogP contribution >= 0.6 is 11.3 Å². The van der Waals surface area contributed by atoms with Gasteiger partial charge >= 0.3 is 0 Å². The molecular weight excluding hydrogens is 264 g/mol. The summed E-state index contributed by atoms with van der Waals surface area (Å²) in [7, 11) is 2.15. The van der Waals surface area contributed by atoms with Crippen LogP contribution in [0.1, 0.15) is 37.1 Å². The maximum Gasteiger partial charge on any atom is 0.0245 e. The second kappa shape index (κ2) is 6.17. The second-order valence-corrected chi connectivity index (χ2v) is 7.97. The van der Waals surface area contributed by atoms with Crippen molar-refractivity contribution in [2.24, 2.45) is 17.8 Å². The lowest BCUT2D eigenvalue weighted by molar-refractivity contribution is 0.0988. The summed E-state index contributed by atoms with van der Waals surface area (Å²) in [5.41, 5.74) is 1.58. The van der Waals surface area contributed by atoms with Crippen LogP contribution in [0.15, 0.2) is 11.4 Å². The van der Waals surface area contributed by atoms with Crippen molar-refractivity contribution >= 4 is 11.3 Å². The molecule has 1 aromatic heterocycles. The molecule has 2 aliphatic rings. The number of nitrogens with one attached hydrogen (secondary N) is 1. The van der Waals surface area contributed by atoms with E-state index in [-0.39, 0.29) is 0 Å². The summed E-state index contributed by atoms with van der Waals surface area (Å²) in [5, 5.41) is 5.85. The molecule has 1 fully saturated rings. The van der Waals surface area contributed by atoms with Crippen LogP contribution in [0, 0.1) is 17.8 Å². The molecule has 2 heterocycles. The zero-order valence-corrected chi connectivity index (χ0v) is 13.9. The summed E-state index contributed by atoms with van der Waals surface area (Å²) >= 11 is 1.94. The minimum atomic E-state index is 0.706. The first kappa shape index (κ1) is 14.6. The van der Waals surface area contributed by atoms with Crippen LogP contribution in [0.4, 0.5) is 0 Å². The fourth-order valence-corrected chi connectivity index (χ4v) is 5.20. The third kappa shape index (κ3) is 2.95. The standard InChI is InChI=1S/C17H28N2S/c1-12-8-13(2)15(16(9-12)18-3)11-19-6-4-17-14(10-19)5-7-20-17/h5,7,12-13,15-16,18H,4,6,8-11H2,1-3H3. The maximum atomic E-state index is 3.59. The molecule has 0 saturated heterocycles. The largest absolute Gasteiger partial charge is 0.317 e. The topological polar surface area (TPSA) is 15.3 Å². The Hall–Kier alpha value is -0.380. The molecule has 0 bridgehead atoms. The van der Waals surface area contributed by atoms with Gasteiger partial charge in [-0.25, -0.2) is 0 Å². The highest BCUT2D eigenvalue weighted by Crippen LogP contribution is 2.35. The molecule has 0 spiro atoms. The SMILES string of the molecule is CNC1CC(C)CC(C)C1CN1CCc2sccc2C1. The van der Waals surface area contributed by atoms with Crippen LogP contribution < -0.4 is 5.32 Å². The van der Waals surface area contributed by atoms with Crippen LogP contribution in [-0.2, 0) is 13.0 Å². The number of hydrogen-bond donors (Lipinski definition) is 1. The summed E-state index contributed by atoms with van der Waals surface area (Å²) in [4.78, 5) is 4.31. The molecule has 1 aromatic rings. The predicted molar refractivity (Wildman–Crippen MR) is 87.2 cm³/mol. The van der Waals surface area contributed by atoms with Crippen molar-refractivity contribution in [1.82, 2.24) is 10.2 Å². The van der Waals surface area contributed by atoms with Crippen molar-refractivity contribution < 1.29 is 0 Å². The first-order chi connectivity index (χ1) is 9.67. The highest BCUT2D eigenvalue weighted by Gasteiger charge is 2.34. The molecule has 112 valence electrons. The van der Waals surface area contributed by atoms with Gasteiger partial charge in [0.05, 0.1) is 0 Å². The molecule has 2 nitrogen and oxygen atoms in total. The molecule has 4 unspecified atom stereocenters. The third-order valence-corrected chi connectivity index (χ3v) is 6.43. The van der Waals surface area contributed by atoms with Gasteiger partial charge in [0.1, 0.15) is 0 Å². The molecule has 4 atom stereocenters. The molecule has 3 rings (SSSR count). The number of rotatable bonds is 3. The van der Waals surface area contributed by atoms with Gasteiger partial charge in [-0.05, 0) is 61.1 Å². The minimum absolute atomic E-state index is 0.706. The lowest BCUT2D eigenvalue weighted by Gasteiger charge is -2.42. The lowest BCUT2D eigenvalue weighted by atomic mass is 9.72. The van der Waals surface area contributed by atoms with Gasteiger partial charge in [0.2, 0.25) is 0 Å². The van der Waals surface area contributed by atoms with Crippen molar-refractivity contribution in [3.8, 4) is 0 Å². The van der Waals surface area contributed by atoms with Crippen LogP contribution in [0.5, 0.6) is 0 Å². The van der Waals surface area contributed by atoms with Crippen molar-refractivity contribution in [3.63, 3.8) is 0 Å². The van der Waals surface area contributed by atoms with Crippen LogP contribution in [-0.4, -0.2) is 31.1 Å². The van der Waals surface area contributed by atoms with Crippen LogP contribution in [0.2, 0.25) is 0 Å². The fraction of sp³-hybridized carbons (Fsp3) is 0.765. The molecular formula is C17H28N2S. The average Bonchev–Trinajstić information content (AvgIpc) is 2.89. The maximum absolute atomic E-state index is 3.59. The fourth-order valence-electron chi connectivity index (χ4n) is 4.31. The molecule has 1 aliphatic heterocycles. The Labute approximate surface area is 127 Å². The van der Waals surface area contributed by atoms with E-state index in [0.717, 1.165) is 17.8 Å². The van der Waals surface area contributed by atoms with E-state index in [4.69, 9.17) is 0 Å². The monoisotopic (exact) mass is 292 g/mol. The van der Waals surface area contributed by atoms with Gasteiger partial charge in [-0.1, -0.05) is 13.8 Å². The normalized spacial score (nSPS) is 35.0. The van der Waals surface area contributed by atoms with Crippen molar-refractivity contribution in [3.05, 3.63) is 21.9 Å². The Morgan fingerprint density at radius 2 is 2.20 bits per heavy atom. The van der Waals surface area contributed by atoms with E-state index in [1.54, 1.807) is 10.4 Å². The Kier molecular flexibility index (Phi) is 4.49. The summed E-state index contributed by atoms with van der Waals surface area (Å²) in [6.45, 7) is 8.58. The number of fused-ring (bicyclic) bond motifs is 1. The van der Waals surface area contributed by atoms with Gasteiger partial charge in [-0.15, -0.1) is 11.3 Å². The van der Waals surface area contributed by atoms with Crippen molar-refractivity contribution in [2.45, 2.75) is 45.7 Å². The van der Waals surface area contributed by atoms with Gasteiger partial charge in [-0.3, -0.25) is 4.90 Å². The van der Waals surface area contributed by atoms with E-state index < -0.39 is 0 Å². The Morgan fingerprint density at radius 3 is 3.00 bits per heavy atom. The summed E-state index contributed by atoms with van der Waals surface area (Å²) in [6, 6.07) is 3.03. The highest BCUT2D eigenvalue weighted by atomic mass is 32.1. The van der Waals surface area contributed by atoms with E-state index in [1.807, 2.05) is 11.3 Å². The highest BCUT2D eigenvalue weighted by molar-refractivity contribution is 7.10. The molecule has 0 aromatic carbocycles.